The van der Waals surface area contributed by atoms with Gasteiger partial charge in [-0.25, -0.2) is 9.48 Å². The van der Waals surface area contributed by atoms with E-state index in [9.17, 15) is 4.79 Å². The molecule has 0 atom stereocenters. The molecule has 0 aliphatic rings. The maximum Gasteiger partial charge on any atom is 0.335 e. The van der Waals surface area contributed by atoms with E-state index in [2.05, 4.69) is 10.3 Å². The predicted octanol–water partition coefficient (Wildman–Crippen LogP) is 2.70. The first-order chi connectivity index (χ1) is 11.2. The number of benzene rings is 2. The normalized spacial score (nSPS) is 10.5. The highest BCUT2D eigenvalue weighted by Gasteiger charge is 2.10. The largest absolute Gasteiger partial charge is 0.497 e. The van der Waals surface area contributed by atoms with Crippen LogP contribution in [0.4, 0.5) is 0 Å². The molecule has 23 heavy (non-hydrogen) atoms. The second-order valence-corrected chi connectivity index (χ2v) is 5.01. The minimum absolute atomic E-state index is 0.255. The molecule has 1 N–H and O–H groups in total. The minimum atomic E-state index is -0.946. The summed E-state index contributed by atoms with van der Waals surface area (Å²) in [4.78, 5) is 11.1. The van der Waals surface area contributed by atoms with Crippen LogP contribution in [0.25, 0.3) is 11.3 Å². The molecule has 0 unspecified atom stereocenters. The lowest BCUT2D eigenvalue weighted by Crippen LogP contribution is -2.05. The summed E-state index contributed by atoms with van der Waals surface area (Å²) in [6.07, 6.45) is 1.68. The van der Waals surface area contributed by atoms with Crippen LogP contribution in [0.3, 0.4) is 0 Å². The van der Waals surface area contributed by atoms with E-state index in [1.165, 1.54) is 0 Å². The van der Waals surface area contributed by atoms with E-state index in [0.29, 0.717) is 6.54 Å². The lowest BCUT2D eigenvalue weighted by molar-refractivity contribution is 0.0696. The molecule has 6 heteroatoms. The van der Waals surface area contributed by atoms with Gasteiger partial charge in [0.25, 0.3) is 0 Å². The lowest BCUT2D eigenvalue weighted by atomic mass is 10.1. The maximum atomic E-state index is 11.1. The summed E-state index contributed by atoms with van der Waals surface area (Å²) < 4.78 is 6.97. The summed E-state index contributed by atoms with van der Waals surface area (Å²) in [5, 5.41) is 17.1. The lowest BCUT2D eigenvalue weighted by Gasteiger charge is -2.08. The summed E-state index contributed by atoms with van der Waals surface area (Å²) in [7, 11) is 1.62. The topological polar surface area (TPSA) is 77.2 Å². The molecule has 0 saturated heterocycles. The van der Waals surface area contributed by atoms with Crippen LogP contribution in [0.2, 0.25) is 0 Å². The Kier molecular flexibility index (Phi) is 4.05. The number of hydrogen-bond donors (Lipinski definition) is 1. The monoisotopic (exact) mass is 309 g/mol. The van der Waals surface area contributed by atoms with E-state index in [1.807, 2.05) is 30.3 Å². The van der Waals surface area contributed by atoms with Crippen molar-refractivity contribution in [2.24, 2.45) is 0 Å². The van der Waals surface area contributed by atoms with E-state index < -0.39 is 5.97 Å². The van der Waals surface area contributed by atoms with Crippen molar-refractivity contribution >= 4 is 5.97 Å². The quantitative estimate of drug-likeness (QED) is 0.784. The van der Waals surface area contributed by atoms with Gasteiger partial charge in [0, 0.05) is 5.56 Å². The standard InChI is InChI=1S/C17H15N3O3/c1-23-15-7-3-5-13(9-15)16-10-18-19-20(16)11-12-4-2-6-14(8-12)17(21)22/h2-10H,11H2,1H3,(H,21,22). The summed E-state index contributed by atoms with van der Waals surface area (Å²) in [5.41, 5.74) is 2.87. The van der Waals surface area contributed by atoms with Gasteiger partial charge in [-0.05, 0) is 29.8 Å². The molecule has 0 aliphatic carbocycles. The molecule has 6 nitrogen and oxygen atoms in total. The zero-order chi connectivity index (χ0) is 16.2. The van der Waals surface area contributed by atoms with E-state index in [1.54, 1.807) is 36.2 Å². The average molecular weight is 309 g/mol. The van der Waals surface area contributed by atoms with Crippen LogP contribution in [0.5, 0.6) is 5.75 Å². The van der Waals surface area contributed by atoms with Crippen molar-refractivity contribution in [3.8, 4) is 17.0 Å². The van der Waals surface area contributed by atoms with Crippen LogP contribution in [-0.2, 0) is 6.54 Å². The van der Waals surface area contributed by atoms with E-state index >= 15 is 0 Å². The number of methoxy groups -OCH3 is 1. The Bertz CT molecular complexity index is 842. The van der Waals surface area contributed by atoms with Crippen molar-refractivity contribution in [1.29, 1.82) is 0 Å². The molecule has 1 aromatic heterocycles. The van der Waals surface area contributed by atoms with E-state index in [4.69, 9.17) is 9.84 Å². The Labute approximate surface area is 133 Å². The molecule has 0 amide bonds. The van der Waals surface area contributed by atoms with Crippen molar-refractivity contribution in [3.05, 3.63) is 65.9 Å². The zero-order valence-corrected chi connectivity index (χ0v) is 12.5. The molecular formula is C17H15N3O3. The molecule has 3 aromatic rings. The number of ether oxygens (including phenoxy) is 1. The number of rotatable bonds is 5. The highest BCUT2D eigenvalue weighted by Crippen LogP contribution is 2.23. The van der Waals surface area contributed by atoms with Gasteiger partial charge >= 0.3 is 5.97 Å². The molecule has 116 valence electrons. The van der Waals surface area contributed by atoms with E-state index in [-0.39, 0.29) is 5.56 Å². The fourth-order valence-electron chi connectivity index (χ4n) is 2.36. The van der Waals surface area contributed by atoms with Crippen LogP contribution in [0, 0.1) is 0 Å². The molecule has 1 heterocycles. The van der Waals surface area contributed by atoms with Crippen molar-refractivity contribution in [2.75, 3.05) is 7.11 Å². The third kappa shape index (κ3) is 3.21. The smallest absolute Gasteiger partial charge is 0.335 e. The van der Waals surface area contributed by atoms with Gasteiger partial charge in [0.15, 0.2) is 0 Å². The third-order valence-corrected chi connectivity index (χ3v) is 3.49. The third-order valence-electron chi connectivity index (χ3n) is 3.49. The van der Waals surface area contributed by atoms with Gasteiger partial charge in [-0.3, -0.25) is 0 Å². The number of aromatic nitrogens is 3. The predicted molar refractivity (Wildman–Crippen MR) is 84.5 cm³/mol. The van der Waals surface area contributed by atoms with Crippen molar-refractivity contribution < 1.29 is 14.6 Å². The fourth-order valence-corrected chi connectivity index (χ4v) is 2.36. The van der Waals surface area contributed by atoms with Gasteiger partial charge < -0.3 is 9.84 Å². The number of hydrogen-bond acceptors (Lipinski definition) is 4. The van der Waals surface area contributed by atoms with Crippen LogP contribution in [0.1, 0.15) is 15.9 Å². The molecule has 2 aromatic carbocycles. The maximum absolute atomic E-state index is 11.1. The number of nitrogens with zero attached hydrogens (tertiary/aromatic N) is 3. The fraction of sp³-hybridized carbons (Fsp3) is 0.118. The Morgan fingerprint density at radius 1 is 1.22 bits per heavy atom. The Morgan fingerprint density at radius 3 is 2.83 bits per heavy atom. The second-order valence-electron chi connectivity index (χ2n) is 5.01. The Balaban J connectivity index is 1.92. The van der Waals surface area contributed by atoms with Gasteiger partial charge in [-0.1, -0.05) is 29.5 Å². The summed E-state index contributed by atoms with van der Waals surface area (Å²) in [5.74, 6) is -0.193. The number of aromatic carboxylic acids is 1. The molecule has 0 fully saturated rings. The minimum Gasteiger partial charge on any atom is -0.497 e. The van der Waals surface area contributed by atoms with Crippen LogP contribution in [-0.4, -0.2) is 33.2 Å². The van der Waals surface area contributed by atoms with Gasteiger partial charge in [0.1, 0.15) is 5.75 Å². The van der Waals surface area contributed by atoms with Gasteiger partial charge in [-0.2, -0.15) is 0 Å². The first kappa shape index (κ1) is 14.8. The molecule has 0 bridgehead atoms. The molecule has 0 radical (unpaired) electrons. The van der Waals surface area contributed by atoms with Crippen molar-refractivity contribution in [3.63, 3.8) is 0 Å². The SMILES string of the molecule is COc1cccc(-c2cnnn2Cc2cccc(C(=O)O)c2)c1. The zero-order valence-electron chi connectivity index (χ0n) is 12.5. The summed E-state index contributed by atoms with van der Waals surface area (Å²) >= 11 is 0. The van der Waals surface area contributed by atoms with Gasteiger partial charge in [0.05, 0.1) is 31.1 Å². The van der Waals surface area contributed by atoms with Crippen LogP contribution >= 0.6 is 0 Å². The van der Waals surface area contributed by atoms with Crippen molar-refractivity contribution in [1.82, 2.24) is 15.0 Å². The Hall–Kier alpha value is -3.15. The van der Waals surface area contributed by atoms with Gasteiger partial charge in [0.2, 0.25) is 0 Å². The second kappa shape index (κ2) is 6.31. The van der Waals surface area contributed by atoms with Crippen LogP contribution in [0.15, 0.2) is 54.7 Å². The molecule has 0 spiro atoms. The van der Waals surface area contributed by atoms with E-state index in [0.717, 1.165) is 22.6 Å². The average Bonchev–Trinajstić information content (AvgIpc) is 3.03. The molecule has 0 aliphatic heterocycles. The summed E-state index contributed by atoms with van der Waals surface area (Å²) in [6, 6.07) is 14.4. The highest BCUT2D eigenvalue weighted by molar-refractivity contribution is 5.87. The summed E-state index contributed by atoms with van der Waals surface area (Å²) in [6.45, 7) is 0.438. The first-order valence-corrected chi connectivity index (χ1v) is 7.02. The molecule has 3 rings (SSSR count). The number of carboxylic acids is 1. The number of carbonyl (C=O) groups is 1. The number of carboxylic acid groups (broad SMARTS) is 1. The molecular weight excluding hydrogens is 294 g/mol. The first-order valence-electron chi connectivity index (χ1n) is 7.02. The highest BCUT2D eigenvalue weighted by atomic mass is 16.5. The molecule has 0 saturated carbocycles. The van der Waals surface area contributed by atoms with Gasteiger partial charge in [-0.15, -0.1) is 5.10 Å². The van der Waals surface area contributed by atoms with Crippen LogP contribution < -0.4 is 4.74 Å². The Morgan fingerprint density at radius 2 is 2.04 bits per heavy atom. The van der Waals surface area contributed by atoms with Crippen molar-refractivity contribution in [2.45, 2.75) is 6.54 Å².